The third kappa shape index (κ3) is 3.59. The Morgan fingerprint density at radius 1 is 1.42 bits per heavy atom. The summed E-state index contributed by atoms with van der Waals surface area (Å²) < 4.78 is 0. The minimum Gasteiger partial charge on any atom is -0.384 e. The van der Waals surface area contributed by atoms with Gasteiger partial charge >= 0.3 is 0 Å². The van der Waals surface area contributed by atoms with Gasteiger partial charge in [-0.25, -0.2) is 0 Å². The highest BCUT2D eigenvalue weighted by Gasteiger charge is 2.26. The Kier molecular flexibility index (Phi) is 4.59. The lowest BCUT2D eigenvalue weighted by atomic mass is 9.84. The summed E-state index contributed by atoms with van der Waals surface area (Å²) in [5.41, 5.74) is 1.94. The van der Waals surface area contributed by atoms with Crippen LogP contribution in [0.2, 0.25) is 0 Å². The van der Waals surface area contributed by atoms with Gasteiger partial charge in [0.2, 0.25) is 5.91 Å². The molecule has 0 heterocycles. The van der Waals surface area contributed by atoms with Gasteiger partial charge in [-0.1, -0.05) is 30.4 Å². The standard InChI is InChI=1S/C16H19NO2/c1-12(17-16(19)15-5-2-6-15)14-9-7-13(8-10-14)4-3-11-18/h7-10,12,15,18H,2,5-6,11H2,1H3,(H,17,19). The normalized spacial score (nSPS) is 15.9. The zero-order valence-corrected chi connectivity index (χ0v) is 11.1. The van der Waals surface area contributed by atoms with Crippen LogP contribution in [0.15, 0.2) is 24.3 Å². The summed E-state index contributed by atoms with van der Waals surface area (Å²) in [4.78, 5) is 11.9. The molecule has 0 spiro atoms. The zero-order chi connectivity index (χ0) is 13.7. The molecule has 1 atom stereocenters. The number of nitrogens with one attached hydrogen (secondary N) is 1. The molecule has 0 saturated heterocycles. The molecule has 2 rings (SSSR count). The molecule has 1 amide bonds. The van der Waals surface area contributed by atoms with Crippen LogP contribution in [0.25, 0.3) is 0 Å². The minimum absolute atomic E-state index is 0.0213. The van der Waals surface area contributed by atoms with Gasteiger partial charge in [0, 0.05) is 11.5 Å². The van der Waals surface area contributed by atoms with Crippen molar-refractivity contribution in [2.45, 2.75) is 32.2 Å². The van der Waals surface area contributed by atoms with Gasteiger partial charge in [-0.2, -0.15) is 0 Å². The van der Waals surface area contributed by atoms with E-state index in [1.807, 2.05) is 31.2 Å². The van der Waals surface area contributed by atoms with Crippen LogP contribution in [0, 0.1) is 17.8 Å². The second-order valence-electron chi connectivity index (χ2n) is 4.94. The van der Waals surface area contributed by atoms with Crippen LogP contribution in [-0.2, 0) is 4.79 Å². The number of rotatable bonds is 3. The minimum atomic E-state index is -0.129. The van der Waals surface area contributed by atoms with Crippen LogP contribution in [-0.4, -0.2) is 17.6 Å². The Hall–Kier alpha value is -1.79. The second kappa shape index (κ2) is 6.40. The van der Waals surface area contributed by atoms with Crippen molar-refractivity contribution in [3.63, 3.8) is 0 Å². The first-order valence-electron chi connectivity index (χ1n) is 6.71. The quantitative estimate of drug-likeness (QED) is 0.814. The highest BCUT2D eigenvalue weighted by atomic mass is 16.2. The van der Waals surface area contributed by atoms with Crippen molar-refractivity contribution in [2.75, 3.05) is 6.61 Å². The highest BCUT2D eigenvalue weighted by Crippen LogP contribution is 2.27. The molecule has 2 N–H and O–H groups in total. The predicted molar refractivity (Wildman–Crippen MR) is 74.3 cm³/mol. The molecule has 1 aliphatic carbocycles. The van der Waals surface area contributed by atoms with Gasteiger partial charge in [0.05, 0.1) is 6.04 Å². The molecule has 0 aromatic heterocycles. The molecule has 1 aromatic rings. The number of benzene rings is 1. The zero-order valence-electron chi connectivity index (χ0n) is 11.1. The molecule has 1 aliphatic rings. The number of carbonyl (C=O) groups is 1. The maximum absolute atomic E-state index is 11.9. The van der Waals surface area contributed by atoms with E-state index in [4.69, 9.17) is 5.11 Å². The van der Waals surface area contributed by atoms with Gasteiger partial charge in [0.1, 0.15) is 6.61 Å². The van der Waals surface area contributed by atoms with Gasteiger partial charge in [-0.05, 0) is 37.5 Å². The van der Waals surface area contributed by atoms with Gasteiger partial charge in [0.25, 0.3) is 0 Å². The second-order valence-corrected chi connectivity index (χ2v) is 4.94. The van der Waals surface area contributed by atoms with Crippen molar-refractivity contribution in [1.29, 1.82) is 0 Å². The number of amides is 1. The van der Waals surface area contributed by atoms with E-state index in [1.54, 1.807) is 0 Å². The molecule has 100 valence electrons. The molecule has 1 fully saturated rings. The summed E-state index contributed by atoms with van der Waals surface area (Å²) in [6.07, 6.45) is 3.22. The van der Waals surface area contributed by atoms with Gasteiger partial charge in [-0.3, -0.25) is 4.79 Å². The van der Waals surface area contributed by atoms with E-state index in [2.05, 4.69) is 17.2 Å². The van der Waals surface area contributed by atoms with Crippen molar-refractivity contribution < 1.29 is 9.90 Å². The fourth-order valence-corrected chi connectivity index (χ4v) is 2.08. The Labute approximate surface area is 114 Å². The Morgan fingerprint density at radius 3 is 2.63 bits per heavy atom. The Morgan fingerprint density at radius 2 is 2.11 bits per heavy atom. The monoisotopic (exact) mass is 257 g/mol. The molecule has 19 heavy (non-hydrogen) atoms. The first kappa shape index (κ1) is 13.6. The summed E-state index contributed by atoms with van der Waals surface area (Å²) in [6.45, 7) is 1.86. The average Bonchev–Trinajstić information content (AvgIpc) is 2.34. The van der Waals surface area contributed by atoms with Gasteiger partial charge in [0.15, 0.2) is 0 Å². The lowest BCUT2D eigenvalue weighted by molar-refractivity contribution is -0.128. The van der Waals surface area contributed by atoms with Crippen LogP contribution in [0.5, 0.6) is 0 Å². The Bertz CT molecular complexity index is 492. The first-order chi connectivity index (χ1) is 9.20. The molecule has 3 heteroatoms. The summed E-state index contributed by atoms with van der Waals surface area (Å²) in [5.74, 6) is 5.85. The fraction of sp³-hybridized carbons (Fsp3) is 0.438. The largest absolute Gasteiger partial charge is 0.384 e. The van der Waals surface area contributed by atoms with Crippen molar-refractivity contribution in [3.05, 3.63) is 35.4 Å². The Balaban J connectivity index is 1.94. The van der Waals surface area contributed by atoms with Gasteiger partial charge < -0.3 is 10.4 Å². The summed E-state index contributed by atoms with van der Waals surface area (Å²) in [5, 5.41) is 11.7. The topological polar surface area (TPSA) is 49.3 Å². The number of hydrogen-bond acceptors (Lipinski definition) is 2. The van der Waals surface area contributed by atoms with E-state index in [0.29, 0.717) is 0 Å². The van der Waals surface area contributed by atoms with Crippen molar-refractivity contribution in [3.8, 4) is 11.8 Å². The highest BCUT2D eigenvalue weighted by molar-refractivity contribution is 5.79. The summed E-state index contributed by atoms with van der Waals surface area (Å²) in [7, 11) is 0. The molecule has 1 saturated carbocycles. The summed E-state index contributed by atoms with van der Waals surface area (Å²) >= 11 is 0. The van der Waals surface area contributed by atoms with E-state index < -0.39 is 0 Å². The number of aliphatic hydroxyl groups excluding tert-OH is 1. The third-order valence-corrected chi connectivity index (χ3v) is 3.56. The smallest absolute Gasteiger partial charge is 0.223 e. The molecule has 1 unspecified atom stereocenters. The lowest BCUT2D eigenvalue weighted by Crippen LogP contribution is -2.35. The van der Waals surface area contributed by atoms with Crippen molar-refractivity contribution in [2.24, 2.45) is 5.92 Å². The fourth-order valence-electron chi connectivity index (χ4n) is 2.08. The predicted octanol–water partition coefficient (Wildman–Crippen LogP) is 2.01. The third-order valence-electron chi connectivity index (χ3n) is 3.56. The number of hydrogen-bond donors (Lipinski definition) is 2. The van der Waals surface area contributed by atoms with E-state index >= 15 is 0 Å². The maximum atomic E-state index is 11.9. The molecule has 0 aliphatic heterocycles. The molecular formula is C16H19NO2. The summed E-state index contributed by atoms with van der Waals surface area (Å²) in [6, 6.07) is 7.77. The van der Waals surface area contributed by atoms with Crippen LogP contribution >= 0.6 is 0 Å². The SMILES string of the molecule is CC(NC(=O)C1CCC1)c1ccc(C#CCO)cc1. The van der Waals surface area contributed by atoms with Crippen LogP contribution in [0.3, 0.4) is 0 Å². The molecule has 3 nitrogen and oxygen atoms in total. The number of carbonyl (C=O) groups excluding carboxylic acids is 1. The van der Waals surface area contributed by atoms with Crippen LogP contribution in [0.1, 0.15) is 43.4 Å². The molecular weight excluding hydrogens is 238 g/mol. The molecule has 1 aromatic carbocycles. The maximum Gasteiger partial charge on any atom is 0.223 e. The molecule has 0 radical (unpaired) electrons. The van der Waals surface area contributed by atoms with Crippen molar-refractivity contribution >= 4 is 5.91 Å². The van der Waals surface area contributed by atoms with E-state index in [1.165, 1.54) is 6.42 Å². The van der Waals surface area contributed by atoms with E-state index in [9.17, 15) is 4.79 Å². The number of aliphatic hydroxyl groups is 1. The average molecular weight is 257 g/mol. The van der Waals surface area contributed by atoms with Gasteiger partial charge in [-0.15, -0.1) is 0 Å². The lowest BCUT2D eigenvalue weighted by Gasteiger charge is -2.26. The molecule has 0 bridgehead atoms. The first-order valence-corrected chi connectivity index (χ1v) is 6.71. The van der Waals surface area contributed by atoms with Crippen molar-refractivity contribution in [1.82, 2.24) is 5.32 Å². The van der Waals surface area contributed by atoms with Crippen LogP contribution < -0.4 is 5.32 Å². The van der Waals surface area contributed by atoms with Crippen LogP contribution in [0.4, 0.5) is 0 Å². The van der Waals surface area contributed by atoms with E-state index in [0.717, 1.165) is 24.0 Å². The van der Waals surface area contributed by atoms with E-state index in [-0.39, 0.29) is 24.5 Å².